The molecule has 5 nitrogen and oxygen atoms in total. The summed E-state index contributed by atoms with van der Waals surface area (Å²) in [5.74, 6) is 0.725. The van der Waals surface area contributed by atoms with Gasteiger partial charge in [-0.2, -0.15) is 0 Å². The van der Waals surface area contributed by atoms with Gasteiger partial charge in [0.05, 0.1) is 5.56 Å². The molecule has 1 aromatic heterocycles. The summed E-state index contributed by atoms with van der Waals surface area (Å²) in [6, 6.07) is 8.13. The van der Waals surface area contributed by atoms with E-state index in [1.165, 1.54) is 18.4 Å². The molecular formula is C18H20N4O. The molecule has 4 rings (SSSR count). The summed E-state index contributed by atoms with van der Waals surface area (Å²) in [6.07, 6.45) is 7.74. The highest BCUT2D eigenvalue weighted by Gasteiger charge is 2.24. The van der Waals surface area contributed by atoms with E-state index in [0.717, 1.165) is 44.1 Å². The molecule has 0 aliphatic carbocycles. The molecule has 1 fully saturated rings. The lowest BCUT2D eigenvalue weighted by atomic mass is 10.0. The third-order valence-electron chi connectivity index (χ3n) is 4.63. The fraction of sp³-hybridized carbons (Fsp3) is 0.389. The quantitative estimate of drug-likeness (QED) is 0.856. The van der Waals surface area contributed by atoms with Crippen LogP contribution in [0.3, 0.4) is 0 Å². The van der Waals surface area contributed by atoms with Crippen molar-refractivity contribution >= 4 is 17.5 Å². The first-order valence-corrected chi connectivity index (χ1v) is 8.30. The molecule has 23 heavy (non-hydrogen) atoms. The Morgan fingerprint density at radius 1 is 0.957 bits per heavy atom. The molecule has 1 aromatic carbocycles. The lowest BCUT2D eigenvalue weighted by Crippen LogP contribution is -2.35. The zero-order valence-corrected chi connectivity index (χ0v) is 13.1. The molecule has 2 aliphatic rings. The molecule has 0 radical (unpaired) electrons. The predicted octanol–water partition coefficient (Wildman–Crippen LogP) is 2.67. The van der Waals surface area contributed by atoms with Gasteiger partial charge < -0.3 is 9.80 Å². The smallest absolute Gasteiger partial charge is 0.261 e. The van der Waals surface area contributed by atoms with Crippen molar-refractivity contribution in [2.75, 3.05) is 29.4 Å². The van der Waals surface area contributed by atoms with Gasteiger partial charge in [-0.3, -0.25) is 4.79 Å². The molecule has 2 aliphatic heterocycles. The number of benzene rings is 1. The van der Waals surface area contributed by atoms with Crippen molar-refractivity contribution in [3.8, 4) is 0 Å². The molecule has 0 saturated carbocycles. The van der Waals surface area contributed by atoms with Gasteiger partial charge in [-0.25, -0.2) is 9.97 Å². The summed E-state index contributed by atoms with van der Waals surface area (Å²) in [7, 11) is 0. The van der Waals surface area contributed by atoms with Crippen LogP contribution >= 0.6 is 0 Å². The summed E-state index contributed by atoms with van der Waals surface area (Å²) in [6.45, 7) is 2.77. The fourth-order valence-electron chi connectivity index (χ4n) is 3.41. The Hall–Kier alpha value is -2.43. The number of aromatic nitrogens is 2. The number of amides is 1. The Morgan fingerprint density at radius 2 is 1.70 bits per heavy atom. The molecule has 0 atom stereocenters. The predicted molar refractivity (Wildman–Crippen MR) is 89.9 cm³/mol. The second-order valence-electron chi connectivity index (χ2n) is 6.15. The van der Waals surface area contributed by atoms with E-state index in [-0.39, 0.29) is 5.91 Å². The fourth-order valence-corrected chi connectivity index (χ4v) is 3.41. The minimum Gasteiger partial charge on any atom is -0.341 e. The van der Waals surface area contributed by atoms with E-state index in [9.17, 15) is 4.79 Å². The van der Waals surface area contributed by atoms with Crippen LogP contribution in [0.15, 0.2) is 36.7 Å². The molecule has 0 spiro atoms. The van der Waals surface area contributed by atoms with Crippen molar-refractivity contribution < 1.29 is 4.79 Å². The van der Waals surface area contributed by atoms with Crippen molar-refractivity contribution in [1.29, 1.82) is 0 Å². The third kappa shape index (κ3) is 2.67. The van der Waals surface area contributed by atoms with Gasteiger partial charge in [-0.1, -0.05) is 18.2 Å². The Labute approximate surface area is 136 Å². The summed E-state index contributed by atoms with van der Waals surface area (Å²) >= 11 is 0. The maximum atomic E-state index is 12.8. The van der Waals surface area contributed by atoms with E-state index >= 15 is 0 Å². The van der Waals surface area contributed by atoms with E-state index in [2.05, 4.69) is 20.9 Å². The number of carbonyl (C=O) groups is 1. The summed E-state index contributed by atoms with van der Waals surface area (Å²) in [4.78, 5) is 25.7. The first-order chi connectivity index (χ1) is 11.3. The molecule has 2 aromatic rings. The monoisotopic (exact) mass is 308 g/mol. The van der Waals surface area contributed by atoms with Crippen LogP contribution in [-0.4, -0.2) is 35.5 Å². The Bertz CT molecular complexity index is 707. The van der Waals surface area contributed by atoms with E-state index in [1.807, 2.05) is 23.1 Å². The standard InChI is InChI=1S/C18H20N4O/c23-17(22-11-5-7-14-6-1-2-8-16(14)22)15-12-19-18(20-13-15)21-9-3-4-10-21/h1-2,6,8,12-13H,3-5,7,9-11H2. The van der Waals surface area contributed by atoms with Crippen LogP contribution in [-0.2, 0) is 6.42 Å². The maximum Gasteiger partial charge on any atom is 0.261 e. The number of aryl methyl sites for hydroxylation is 1. The molecule has 0 N–H and O–H groups in total. The number of nitrogens with zero attached hydrogens (tertiary/aromatic N) is 4. The first-order valence-electron chi connectivity index (χ1n) is 8.30. The van der Waals surface area contributed by atoms with Gasteiger partial charge in [0.1, 0.15) is 0 Å². The molecule has 1 amide bonds. The summed E-state index contributed by atoms with van der Waals surface area (Å²) in [5.41, 5.74) is 2.82. The molecule has 3 heterocycles. The van der Waals surface area contributed by atoms with Gasteiger partial charge in [0.2, 0.25) is 5.95 Å². The molecule has 118 valence electrons. The van der Waals surface area contributed by atoms with Crippen molar-refractivity contribution in [3.05, 3.63) is 47.8 Å². The van der Waals surface area contributed by atoms with Crippen LogP contribution in [0.4, 0.5) is 11.6 Å². The van der Waals surface area contributed by atoms with Crippen LogP contribution in [0.1, 0.15) is 35.2 Å². The normalized spacial score (nSPS) is 17.2. The van der Waals surface area contributed by atoms with Crippen LogP contribution in [0.25, 0.3) is 0 Å². The third-order valence-corrected chi connectivity index (χ3v) is 4.63. The number of para-hydroxylation sites is 1. The molecule has 1 saturated heterocycles. The Kier molecular flexibility index (Phi) is 3.69. The number of rotatable bonds is 2. The van der Waals surface area contributed by atoms with Crippen molar-refractivity contribution in [2.45, 2.75) is 25.7 Å². The molecule has 0 bridgehead atoms. The Morgan fingerprint density at radius 3 is 2.48 bits per heavy atom. The van der Waals surface area contributed by atoms with E-state index in [0.29, 0.717) is 5.56 Å². The number of carbonyl (C=O) groups excluding carboxylic acids is 1. The first kappa shape index (κ1) is 14.2. The van der Waals surface area contributed by atoms with Gasteiger partial charge in [0, 0.05) is 37.7 Å². The molecule has 5 heteroatoms. The average molecular weight is 308 g/mol. The van der Waals surface area contributed by atoms with Gasteiger partial charge in [-0.15, -0.1) is 0 Å². The van der Waals surface area contributed by atoms with E-state index in [1.54, 1.807) is 12.4 Å². The van der Waals surface area contributed by atoms with Crippen molar-refractivity contribution in [2.24, 2.45) is 0 Å². The van der Waals surface area contributed by atoms with Crippen molar-refractivity contribution in [1.82, 2.24) is 9.97 Å². The van der Waals surface area contributed by atoms with Crippen LogP contribution in [0.2, 0.25) is 0 Å². The maximum absolute atomic E-state index is 12.8. The minimum absolute atomic E-state index is 0.00915. The number of hydrogen-bond acceptors (Lipinski definition) is 4. The number of fused-ring (bicyclic) bond motifs is 1. The highest BCUT2D eigenvalue weighted by atomic mass is 16.2. The second kappa shape index (κ2) is 5.99. The summed E-state index contributed by atoms with van der Waals surface area (Å²) in [5, 5.41) is 0. The van der Waals surface area contributed by atoms with Gasteiger partial charge in [0.15, 0.2) is 0 Å². The lowest BCUT2D eigenvalue weighted by Gasteiger charge is -2.29. The molecule has 0 unspecified atom stereocenters. The van der Waals surface area contributed by atoms with Crippen LogP contribution in [0.5, 0.6) is 0 Å². The van der Waals surface area contributed by atoms with Gasteiger partial charge in [0.25, 0.3) is 5.91 Å². The minimum atomic E-state index is -0.00915. The zero-order chi connectivity index (χ0) is 15.6. The highest BCUT2D eigenvalue weighted by Crippen LogP contribution is 2.28. The Balaban J connectivity index is 1.57. The van der Waals surface area contributed by atoms with Gasteiger partial charge in [-0.05, 0) is 37.3 Å². The second-order valence-corrected chi connectivity index (χ2v) is 6.15. The summed E-state index contributed by atoms with van der Waals surface area (Å²) < 4.78 is 0. The SMILES string of the molecule is O=C(c1cnc(N2CCCC2)nc1)N1CCCc2ccccc21. The topological polar surface area (TPSA) is 49.3 Å². The number of hydrogen-bond donors (Lipinski definition) is 0. The average Bonchev–Trinajstić information content (AvgIpc) is 3.15. The zero-order valence-electron chi connectivity index (χ0n) is 13.1. The van der Waals surface area contributed by atoms with Crippen LogP contribution in [0, 0.1) is 0 Å². The van der Waals surface area contributed by atoms with E-state index in [4.69, 9.17) is 0 Å². The largest absolute Gasteiger partial charge is 0.341 e. The van der Waals surface area contributed by atoms with Crippen LogP contribution < -0.4 is 9.80 Å². The van der Waals surface area contributed by atoms with E-state index < -0.39 is 0 Å². The lowest BCUT2D eigenvalue weighted by molar-refractivity contribution is 0.0984. The highest BCUT2D eigenvalue weighted by molar-refractivity contribution is 6.06. The van der Waals surface area contributed by atoms with Crippen molar-refractivity contribution in [3.63, 3.8) is 0 Å². The van der Waals surface area contributed by atoms with Gasteiger partial charge >= 0.3 is 0 Å². The number of anilines is 2. The molecular weight excluding hydrogens is 288 g/mol.